The van der Waals surface area contributed by atoms with Gasteiger partial charge in [0.2, 0.25) is 0 Å². The topological polar surface area (TPSA) is 50.7 Å². The minimum Gasteiger partial charge on any atom is -0.374 e. The number of hydrogen-bond acceptors (Lipinski definition) is 4. The van der Waals surface area contributed by atoms with Gasteiger partial charge in [0.25, 0.3) is 11.5 Å². The van der Waals surface area contributed by atoms with Crippen LogP contribution in [0.3, 0.4) is 0 Å². The molecule has 0 bridgehead atoms. The highest BCUT2D eigenvalue weighted by molar-refractivity contribution is 7.08. The number of hydrogen-bond donors (Lipinski definition) is 1. The summed E-state index contributed by atoms with van der Waals surface area (Å²) in [4.78, 5) is 17.5. The van der Waals surface area contributed by atoms with E-state index in [2.05, 4.69) is 10.5 Å². The van der Waals surface area contributed by atoms with E-state index in [4.69, 9.17) is 28.0 Å². The number of nitrogens with one attached hydrogen (secondary N) is 1. The van der Waals surface area contributed by atoms with Crippen LogP contribution in [0.5, 0.6) is 0 Å². The lowest BCUT2D eigenvalue weighted by molar-refractivity contribution is -0.275. The van der Waals surface area contributed by atoms with Crippen molar-refractivity contribution >= 4 is 51.8 Å². The molecule has 2 aromatic carbocycles. The summed E-state index contributed by atoms with van der Waals surface area (Å²) >= 11 is 13.3. The summed E-state index contributed by atoms with van der Waals surface area (Å²) < 4.78 is 42.4. The van der Waals surface area contributed by atoms with Crippen molar-refractivity contribution in [3.8, 4) is 0 Å². The first-order valence-corrected chi connectivity index (χ1v) is 11.0. The third-order valence-corrected chi connectivity index (χ3v) is 6.22. The Labute approximate surface area is 195 Å². The Kier molecular flexibility index (Phi) is 5.96. The van der Waals surface area contributed by atoms with Gasteiger partial charge in [0.1, 0.15) is 0 Å². The maximum atomic E-state index is 14.1. The molecule has 3 aromatic rings. The zero-order valence-electron chi connectivity index (χ0n) is 16.5. The Hall–Kier alpha value is -2.55. The summed E-state index contributed by atoms with van der Waals surface area (Å²) in [6.07, 6.45) is -5.34. The van der Waals surface area contributed by atoms with Crippen molar-refractivity contribution in [1.82, 2.24) is 0 Å². The van der Waals surface area contributed by atoms with Crippen LogP contribution in [-0.2, 0) is 10.4 Å². The number of oxime groups is 1. The highest BCUT2D eigenvalue weighted by Crippen LogP contribution is 2.49. The minimum atomic E-state index is -4.78. The molecule has 4 rings (SSSR count). The van der Waals surface area contributed by atoms with E-state index in [1.54, 1.807) is 36.6 Å². The van der Waals surface area contributed by atoms with E-state index in [0.717, 1.165) is 0 Å². The lowest BCUT2D eigenvalue weighted by atomic mass is 9.86. The Bertz CT molecular complexity index is 1190. The Morgan fingerprint density at radius 3 is 2.47 bits per heavy atom. The van der Waals surface area contributed by atoms with Gasteiger partial charge in [-0.3, -0.25) is 4.79 Å². The number of carbonyl (C=O) groups excluding carboxylic acids is 1. The van der Waals surface area contributed by atoms with Gasteiger partial charge in [-0.2, -0.15) is 24.5 Å². The first-order chi connectivity index (χ1) is 15.1. The van der Waals surface area contributed by atoms with Crippen LogP contribution in [0.4, 0.5) is 18.9 Å². The van der Waals surface area contributed by atoms with Crippen molar-refractivity contribution in [2.24, 2.45) is 5.16 Å². The van der Waals surface area contributed by atoms with Crippen LogP contribution in [0.1, 0.15) is 33.5 Å². The van der Waals surface area contributed by atoms with Gasteiger partial charge in [-0.1, -0.05) is 34.4 Å². The average Bonchev–Trinajstić information content (AvgIpc) is 3.37. The van der Waals surface area contributed by atoms with Crippen LogP contribution in [0, 0.1) is 6.92 Å². The van der Waals surface area contributed by atoms with Crippen LogP contribution in [0.15, 0.2) is 58.4 Å². The quantitative estimate of drug-likeness (QED) is 0.413. The van der Waals surface area contributed by atoms with Gasteiger partial charge in [0, 0.05) is 33.0 Å². The molecule has 10 heteroatoms. The van der Waals surface area contributed by atoms with E-state index < -0.39 is 18.2 Å². The molecule has 0 radical (unpaired) electrons. The summed E-state index contributed by atoms with van der Waals surface area (Å²) in [6.45, 7) is 1.70. The minimum absolute atomic E-state index is 0.0602. The number of carbonyl (C=O) groups is 1. The van der Waals surface area contributed by atoms with Crippen molar-refractivity contribution in [1.29, 1.82) is 0 Å². The maximum Gasteiger partial charge on any atom is 0.435 e. The molecule has 0 saturated heterocycles. The van der Waals surface area contributed by atoms with Crippen LogP contribution in [0.25, 0.3) is 0 Å². The number of nitrogens with zero attached hydrogens (tertiary/aromatic N) is 1. The summed E-state index contributed by atoms with van der Waals surface area (Å²) in [6, 6.07) is 10.2. The molecule has 1 aliphatic rings. The third-order valence-electron chi connectivity index (χ3n) is 5.10. The number of aryl methyl sites for hydroxylation is 1. The number of rotatable bonds is 4. The van der Waals surface area contributed by atoms with E-state index in [1.807, 2.05) is 5.38 Å². The molecule has 4 nitrogen and oxygen atoms in total. The van der Waals surface area contributed by atoms with Gasteiger partial charge >= 0.3 is 6.18 Å². The fourth-order valence-electron chi connectivity index (χ4n) is 3.48. The van der Waals surface area contributed by atoms with Gasteiger partial charge in [-0.15, -0.1) is 0 Å². The molecular weight excluding hydrogens is 484 g/mol. The number of thiophene rings is 1. The van der Waals surface area contributed by atoms with E-state index >= 15 is 0 Å². The predicted octanol–water partition coefficient (Wildman–Crippen LogP) is 7.20. The number of benzene rings is 2. The highest BCUT2D eigenvalue weighted by Gasteiger charge is 2.62. The molecular formula is C22H15Cl2F3N2O2S. The van der Waals surface area contributed by atoms with Crippen LogP contribution in [-0.4, -0.2) is 17.8 Å². The molecule has 2 heterocycles. The van der Waals surface area contributed by atoms with Crippen molar-refractivity contribution < 1.29 is 22.8 Å². The summed E-state index contributed by atoms with van der Waals surface area (Å²) in [5.41, 5.74) is -0.742. The second-order valence-corrected chi connectivity index (χ2v) is 8.94. The Balaban J connectivity index is 1.62. The van der Waals surface area contributed by atoms with Gasteiger partial charge in [0.15, 0.2) is 0 Å². The summed E-state index contributed by atoms with van der Waals surface area (Å²) in [7, 11) is 0. The van der Waals surface area contributed by atoms with Gasteiger partial charge in [-0.25, -0.2) is 0 Å². The maximum absolute atomic E-state index is 14.1. The molecule has 0 spiro atoms. The second-order valence-electron chi connectivity index (χ2n) is 7.28. The fourth-order valence-corrected chi connectivity index (χ4v) is 4.59. The van der Waals surface area contributed by atoms with Crippen LogP contribution in [0.2, 0.25) is 10.0 Å². The van der Waals surface area contributed by atoms with Gasteiger partial charge in [0.05, 0.1) is 11.4 Å². The van der Waals surface area contributed by atoms with Gasteiger partial charge < -0.3 is 10.2 Å². The third kappa shape index (κ3) is 4.22. The molecule has 1 unspecified atom stereocenters. The standard InChI is InChI=1S/C22H15Cl2F3N2O2S/c1-12-6-13(2-3-18(12)20(30)28-17-4-5-32-11-17)19-10-21(31-29-19,22(25,26)27)14-7-15(23)9-16(24)8-14/h2-9,11H,10H2,1H3,(H,28,30). The Morgan fingerprint density at radius 1 is 1.16 bits per heavy atom. The molecule has 1 amide bonds. The molecule has 0 saturated carbocycles. The second kappa shape index (κ2) is 8.42. The number of anilines is 1. The van der Waals surface area contributed by atoms with E-state index in [0.29, 0.717) is 22.4 Å². The smallest absolute Gasteiger partial charge is 0.374 e. The number of amides is 1. The average molecular weight is 499 g/mol. The molecule has 1 aromatic heterocycles. The molecule has 32 heavy (non-hydrogen) atoms. The molecule has 1 atom stereocenters. The fraction of sp³-hybridized carbons (Fsp3) is 0.182. The predicted molar refractivity (Wildman–Crippen MR) is 120 cm³/mol. The van der Waals surface area contributed by atoms with Gasteiger partial charge in [-0.05, 0) is 59.8 Å². The molecule has 1 N–H and O–H groups in total. The molecule has 1 aliphatic heterocycles. The summed E-state index contributed by atoms with van der Waals surface area (Å²) in [5.74, 6) is -0.310. The Morgan fingerprint density at radius 2 is 1.88 bits per heavy atom. The van der Waals surface area contributed by atoms with Crippen molar-refractivity contribution in [2.75, 3.05) is 5.32 Å². The zero-order chi connectivity index (χ0) is 23.1. The zero-order valence-corrected chi connectivity index (χ0v) is 18.8. The van der Waals surface area contributed by atoms with E-state index in [9.17, 15) is 18.0 Å². The lowest BCUT2D eigenvalue weighted by Gasteiger charge is -2.29. The SMILES string of the molecule is Cc1cc(C2=NOC(c3cc(Cl)cc(Cl)c3)(C(F)(F)F)C2)ccc1C(=O)Nc1ccsc1. The number of alkyl halides is 3. The van der Waals surface area contributed by atoms with Crippen molar-refractivity contribution in [3.05, 3.63) is 85.5 Å². The monoisotopic (exact) mass is 498 g/mol. The molecule has 0 fully saturated rings. The van der Waals surface area contributed by atoms with E-state index in [1.165, 1.54) is 29.5 Å². The van der Waals surface area contributed by atoms with Crippen LogP contribution >= 0.6 is 34.5 Å². The highest BCUT2D eigenvalue weighted by atomic mass is 35.5. The first-order valence-electron chi connectivity index (χ1n) is 9.32. The molecule has 166 valence electrons. The van der Waals surface area contributed by atoms with Crippen LogP contribution < -0.4 is 5.32 Å². The van der Waals surface area contributed by atoms with E-state index in [-0.39, 0.29) is 27.2 Å². The lowest BCUT2D eigenvalue weighted by Crippen LogP contribution is -2.42. The largest absolute Gasteiger partial charge is 0.435 e. The number of halogens is 5. The molecule has 0 aliphatic carbocycles. The first kappa shape index (κ1) is 22.6. The van der Waals surface area contributed by atoms with Crippen molar-refractivity contribution in [3.63, 3.8) is 0 Å². The normalized spacial score (nSPS) is 18.2. The van der Waals surface area contributed by atoms with Crippen molar-refractivity contribution in [2.45, 2.75) is 25.1 Å². The summed E-state index contributed by atoms with van der Waals surface area (Å²) in [5, 5.41) is 10.3.